The van der Waals surface area contributed by atoms with Crippen LogP contribution in [0.3, 0.4) is 0 Å². The predicted molar refractivity (Wildman–Crippen MR) is 106 cm³/mol. The van der Waals surface area contributed by atoms with Gasteiger partial charge in [0.1, 0.15) is 6.04 Å². The molecule has 4 atom stereocenters. The summed E-state index contributed by atoms with van der Waals surface area (Å²) in [5.41, 5.74) is 0. The second-order valence-electron chi connectivity index (χ2n) is 7.64. The van der Waals surface area contributed by atoms with E-state index >= 15 is 0 Å². The van der Waals surface area contributed by atoms with E-state index in [-0.39, 0.29) is 42.9 Å². The molecule has 148 valence electrons. The minimum atomic E-state index is -0.156. The zero-order valence-corrected chi connectivity index (χ0v) is 17.2. The zero-order valence-electron chi connectivity index (χ0n) is 15.6. The molecule has 0 aromatic carbocycles. The molecule has 7 heteroatoms. The summed E-state index contributed by atoms with van der Waals surface area (Å²) < 4.78 is 5.65. The Morgan fingerprint density at radius 3 is 2.64 bits per heavy atom. The van der Waals surface area contributed by atoms with Crippen LogP contribution in [-0.2, 0) is 9.53 Å². The van der Waals surface area contributed by atoms with Gasteiger partial charge in [0.05, 0.1) is 12.7 Å². The topological polar surface area (TPSA) is 44.8 Å². The highest BCUT2D eigenvalue weighted by molar-refractivity contribution is 5.85. The van der Waals surface area contributed by atoms with Crippen molar-refractivity contribution in [2.45, 2.75) is 64.1 Å². The number of nitrogens with one attached hydrogen (secondary N) is 1. The van der Waals surface area contributed by atoms with Gasteiger partial charge in [0.15, 0.2) is 0 Å². The van der Waals surface area contributed by atoms with Crippen molar-refractivity contribution >= 4 is 30.7 Å². The van der Waals surface area contributed by atoms with Gasteiger partial charge in [-0.25, -0.2) is 0 Å². The van der Waals surface area contributed by atoms with E-state index in [0.717, 1.165) is 32.6 Å². The van der Waals surface area contributed by atoms with E-state index in [2.05, 4.69) is 22.0 Å². The van der Waals surface area contributed by atoms with Crippen LogP contribution >= 0.6 is 24.8 Å². The number of halogens is 2. The molecule has 3 rings (SSSR count). The van der Waals surface area contributed by atoms with Gasteiger partial charge in [-0.2, -0.15) is 0 Å². The van der Waals surface area contributed by atoms with Gasteiger partial charge < -0.3 is 19.9 Å². The fourth-order valence-electron chi connectivity index (χ4n) is 4.38. The van der Waals surface area contributed by atoms with Crippen molar-refractivity contribution in [1.82, 2.24) is 15.1 Å². The van der Waals surface area contributed by atoms with Crippen molar-refractivity contribution in [3.63, 3.8) is 0 Å². The third kappa shape index (κ3) is 5.96. The summed E-state index contributed by atoms with van der Waals surface area (Å²) in [6, 6.07) is 0.555. The molecule has 3 fully saturated rings. The van der Waals surface area contributed by atoms with Crippen LogP contribution in [0.1, 0.15) is 46.0 Å². The van der Waals surface area contributed by atoms with E-state index < -0.39 is 0 Å². The van der Waals surface area contributed by atoms with Crippen LogP contribution in [0.5, 0.6) is 0 Å². The van der Waals surface area contributed by atoms with Crippen LogP contribution in [0, 0.1) is 5.92 Å². The van der Waals surface area contributed by atoms with Gasteiger partial charge in [-0.1, -0.05) is 6.42 Å². The Kier molecular flexibility index (Phi) is 10.0. The van der Waals surface area contributed by atoms with Crippen LogP contribution < -0.4 is 5.32 Å². The Labute approximate surface area is 165 Å². The predicted octanol–water partition coefficient (Wildman–Crippen LogP) is 2.32. The fourth-order valence-corrected chi connectivity index (χ4v) is 4.38. The quantitative estimate of drug-likeness (QED) is 0.796. The minimum Gasteiger partial charge on any atom is -0.375 e. The number of piperidine rings is 2. The summed E-state index contributed by atoms with van der Waals surface area (Å²) in [4.78, 5) is 17.6. The number of carbonyl (C=O) groups excluding carboxylic acids is 1. The van der Waals surface area contributed by atoms with Crippen LogP contribution in [0.25, 0.3) is 0 Å². The van der Waals surface area contributed by atoms with Crippen LogP contribution in [0.2, 0.25) is 0 Å². The normalized spacial score (nSPS) is 33.9. The maximum absolute atomic E-state index is 12.8. The third-order valence-corrected chi connectivity index (χ3v) is 5.85. The maximum atomic E-state index is 12.8. The average molecular weight is 396 g/mol. The molecule has 0 aliphatic carbocycles. The average Bonchev–Trinajstić information content (AvgIpc) is 2.57. The Bertz CT molecular complexity index is 414. The van der Waals surface area contributed by atoms with Gasteiger partial charge in [-0.3, -0.25) is 4.79 Å². The van der Waals surface area contributed by atoms with Crippen molar-refractivity contribution < 1.29 is 9.53 Å². The summed E-state index contributed by atoms with van der Waals surface area (Å²) in [5, 5.41) is 3.34. The Balaban J connectivity index is 0.00000156. The van der Waals surface area contributed by atoms with Gasteiger partial charge in [0.2, 0.25) is 5.91 Å². The lowest BCUT2D eigenvalue weighted by Crippen LogP contribution is -2.58. The Morgan fingerprint density at radius 2 is 1.92 bits per heavy atom. The molecular formula is C18H35Cl2N3O2. The monoisotopic (exact) mass is 395 g/mol. The third-order valence-electron chi connectivity index (χ3n) is 5.85. The number of amides is 1. The van der Waals surface area contributed by atoms with Gasteiger partial charge in [0.25, 0.3) is 0 Å². The SMILES string of the molecule is CC1CCCCN1CC1CCCN(C(=O)[C@H]2NCCO[C@@H]2C)C1.Cl.Cl. The molecule has 1 amide bonds. The van der Waals surface area contributed by atoms with Gasteiger partial charge in [-0.05, 0) is 52.0 Å². The highest BCUT2D eigenvalue weighted by atomic mass is 35.5. The molecule has 0 spiro atoms. The second-order valence-corrected chi connectivity index (χ2v) is 7.64. The van der Waals surface area contributed by atoms with Crippen molar-refractivity contribution in [2.24, 2.45) is 5.92 Å². The molecule has 3 aliphatic heterocycles. The lowest BCUT2D eigenvalue weighted by Gasteiger charge is -2.41. The number of hydrogen-bond acceptors (Lipinski definition) is 4. The molecule has 0 bridgehead atoms. The first-order valence-corrected chi connectivity index (χ1v) is 9.53. The summed E-state index contributed by atoms with van der Waals surface area (Å²) in [5.74, 6) is 0.877. The lowest BCUT2D eigenvalue weighted by atomic mass is 9.94. The highest BCUT2D eigenvalue weighted by Gasteiger charge is 2.34. The fraction of sp³-hybridized carbons (Fsp3) is 0.944. The first kappa shape index (κ1) is 23.0. The van der Waals surface area contributed by atoms with Crippen molar-refractivity contribution in [2.75, 3.05) is 39.3 Å². The first-order chi connectivity index (χ1) is 11.1. The number of hydrogen-bond donors (Lipinski definition) is 1. The summed E-state index contributed by atoms with van der Waals surface area (Å²) in [6.45, 7) is 10.1. The molecule has 0 saturated carbocycles. The van der Waals surface area contributed by atoms with Gasteiger partial charge >= 0.3 is 0 Å². The van der Waals surface area contributed by atoms with Crippen LogP contribution in [0.15, 0.2) is 0 Å². The number of carbonyl (C=O) groups is 1. The number of ether oxygens (including phenoxy) is 1. The van der Waals surface area contributed by atoms with E-state index in [4.69, 9.17) is 4.74 Å². The Hall–Kier alpha value is -0.0700. The second kappa shape index (κ2) is 10.9. The van der Waals surface area contributed by atoms with Crippen molar-refractivity contribution in [3.8, 4) is 0 Å². The highest BCUT2D eigenvalue weighted by Crippen LogP contribution is 2.23. The first-order valence-electron chi connectivity index (χ1n) is 9.53. The maximum Gasteiger partial charge on any atom is 0.242 e. The van der Waals surface area contributed by atoms with Gasteiger partial charge in [-0.15, -0.1) is 24.8 Å². The molecule has 2 unspecified atom stereocenters. The lowest BCUT2D eigenvalue weighted by molar-refractivity contribution is -0.141. The van der Waals surface area contributed by atoms with E-state index in [1.165, 1.54) is 32.2 Å². The molecule has 0 aromatic heterocycles. The molecule has 1 N–H and O–H groups in total. The molecule has 3 aliphatic rings. The summed E-state index contributed by atoms with van der Waals surface area (Å²) >= 11 is 0. The zero-order chi connectivity index (χ0) is 16.2. The standard InChI is InChI=1S/C18H33N3O2.2ClH/c1-14-6-3-4-9-20(14)12-16-7-5-10-21(13-16)18(22)17-15(2)23-11-8-19-17;;/h14-17,19H,3-13H2,1-2H3;2*1H/t14?,15-,16?,17+;;/m1../s1. The largest absolute Gasteiger partial charge is 0.375 e. The van der Waals surface area contributed by atoms with Crippen molar-refractivity contribution in [3.05, 3.63) is 0 Å². The Morgan fingerprint density at radius 1 is 1.12 bits per heavy atom. The van der Waals surface area contributed by atoms with Crippen molar-refractivity contribution in [1.29, 1.82) is 0 Å². The van der Waals surface area contributed by atoms with E-state index in [1.54, 1.807) is 0 Å². The number of nitrogens with zero attached hydrogens (tertiary/aromatic N) is 2. The number of rotatable bonds is 3. The number of morpholine rings is 1. The molecule has 0 aromatic rings. The van der Waals surface area contributed by atoms with E-state index in [0.29, 0.717) is 18.6 Å². The smallest absolute Gasteiger partial charge is 0.242 e. The summed E-state index contributed by atoms with van der Waals surface area (Å²) in [7, 11) is 0. The van der Waals surface area contributed by atoms with Crippen LogP contribution in [-0.4, -0.2) is 73.2 Å². The van der Waals surface area contributed by atoms with Gasteiger partial charge in [0, 0.05) is 32.2 Å². The number of likely N-dealkylation sites (tertiary alicyclic amines) is 2. The molecule has 25 heavy (non-hydrogen) atoms. The van der Waals surface area contributed by atoms with E-state index in [9.17, 15) is 4.79 Å². The molecule has 3 heterocycles. The van der Waals surface area contributed by atoms with E-state index in [1.807, 2.05) is 6.92 Å². The molecule has 3 saturated heterocycles. The molecular weight excluding hydrogens is 361 g/mol. The minimum absolute atomic E-state index is 0. The molecule has 5 nitrogen and oxygen atoms in total. The summed E-state index contributed by atoms with van der Waals surface area (Å²) in [6.07, 6.45) is 6.42. The van der Waals surface area contributed by atoms with Crippen LogP contribution in [0.4, 0.5) is 0 Å². The molecule has 0 radical (unpaired) electrons.